The van der Waals surface area contributed by atoms with Gasteiger partial charge in [0, 0.05) is 18.8 Å². The Balaban J connectivity index is 2.03. The first-order chi connectivity index (χ1) is 8.03. The van der Waals surface area contributed by atoms with Crippen LogP contribution in [0, 0.1) is 5.92 Å². The normalized spacial score (nSPS) is 19.2. The van der Waals surface area contributed by atoms with Gasteiger partial charge in [0.2, 0.25) is 0 Å². The molecule has 1 aliphatic rings. The molecule has 5 heteroatoms. The molecule has 0 aromatic heterocycles. The predicted molar refractivity (Wildman–Crippen MR) is 72.4 cm³/mol. The molecule has 1 unspecified atom stereocenters. The second-order valence-electron chi connectivity index (χ2n) is 5.13. The van der Waals surface area contributed by atoms with Crippen LogP contribution in [0.5, 0.6) is 0 Å². The average Bonchev–Trinajstić information content (AvgIpc) is 2.19. The van der Waals surface area contributed by atoms with Gasteiger partial charge in [0.15, 0.2) is 0 Å². The molecule has 2 amide bonds. The van der Waals surface area contributed by atoms with Crippen LogP contribution in [0.15, 0.2) is 0 Å². The van der Waals surface area contributed by atoms with Crippen LogP contribution in [0.3, 0.4) is 0 Å². The Bertz CT molecular complexity index is 243. The third-order valence-electron chi connectivity index (χ3n) is 3.15. The largest absolute Gasteiger partial charge is 0.387 e. The van der Waals surface area contributed by atoms with Crippen LogP contribution in [0.4, 0.5) is 4.79 Å². The Hall–Kier alpha value is -0.420. The average molecular weight is 260 g/mol. The number of thioether (sulfide) groups is 1. The molecule has 0 radical (unpaired) electrons. The zero-order valence-corrected chi connectivity index (χ0v) is 11.6. The summed E-state index contributed by atoms with van der Waals surface area (Å²) in [6.07, 6.45) is 6.98. The van der Waals surface area contributed by atoms with Crippen LogP contribution in [0.25, 0.3) is 0 Å². The molecule has 1 rings (SSSR count). The fraction of sp³-hybridized carbons (Fsp3) is 0.917. The molecule has 4 nitrogen and oxygen atoms in total. The van der Waals surface area contributed by atoms with Crippen LogP contribution >= 0.6 is 11.8 Å². The first-order valence-corrected chi connectivity index (χ1v) is 7.66. The number of nitrogens with one attached hydrogen (secondary N) is 2. The van der Waals surface area contributed by atoms with Gasteiger partial charge in [-0.2, -0.15) is 11.8 Å². The molecule has 1 aliphatic carbocycles. The van der Waals surface area contributed by atoms with Crippen molar-refractivity contribution in [2.75, 3.05) is 25.1 Å². The minimum atomic E-state index is -0.829. The lowest BCUT2D eigenvalue weighted by molar-refractivity contribution is 0.0869. The summed E-state index contributed by atoms with van der Waals surface area (Å²) in [6, 6.07) is -0.175. The Morgan fingerprint density at radius 3 is 2.71 bits per heavy atom. The minimum Gasteiger partial charge on any atom is -0.387 e. The van der Waals surface area contributed by atoms with Gasteiger partial charge in [0.25, 0.3) is 0 Å². The van der Waals surface area contributed by atoms with E-state index in [2.05, 4.69) is 10.6 Å². The van der Waals surface area contributed by atoms with E-state index >= 15 is 0 Å². The van der Waals surface area contributed by atoms with Gasteiger partial charge in [-0.25, -0.2) is 4.79 Å². The number of urea groups is 1. The molecular formula is C12H24N2O2S. The van der Waals surface area contributed by atoms with E-state index < -0.39 is 5.60 Å². The standard InChI is InChI=1S/C12H24N2O2S/c1-12(16,9-17-2)8-14-11(15)13-7-6-10-4-3-5-10/h10,16H,3-9H2,1-2H3,(H2,13,14,15). The van der Waals surface area contributed by atoms with Crippen LogP contribution in [-0.2, 0) is 0 Å². The Labute approximate surface area is 108 Å². The topological polar surface area (TPSA) is 61.4 Å². The molecule has 17 heavy (non-hydrogen) atoms. The van der Waals surface area contributed by atoms with Crippen molar-refractivity contribution < 1.29 is 9.90 Å². The van der Waals surface area contributed by atoms with Crippen molar-refractivity contribution in [3.8, 4) is 0 Å². The molecule has 0 aliphatic heterocycles. The van der Waals surface area contributed by atoms with Crippen LogP contribution < -0.4 is 10.6 Å². The summed E-state index contributed by atoms with van der Waals surface area (Å²) >= 11 is 1.57. The van der Waals surface area contributed by atoms with E-state index in [-0.39, 0.29) is 6.03 Å². The number of aliphatic hydroxyl groups is 1. The predicted octanol–water partition coefficient (Wildman–Crippen LogP) is 1.59. The van der Waals surface area contributed by atoms with Gasteiger partial charge in [-0.15, -0.1) is 0 Å². The van der Waals surface area contributed by atoms with E-state index in [1.165, 1.54) is 19.3 Å². The highest BCUT2D eigenvalue weighted by molar-refractivity contribution is 7.98. The maximum atomic E-state index is 11.4. The Morgan fingerprint density at radius 1 is 1.47 bits per heavy atom. The number of carbonyl (C=O) groups excluding carboxylic acids is 1. The van der Waals surface area contributed by atoms with Crippen molar-refractivity contribution in [1.29, 1.82) is 0 Å². The number of amides is 2. The molecule has 1 saturated carbocycles. The van der Waals surface area contributed by atoms with Crippen LogP contribution in [-0.4, -0.2) is 41.8 Å². The van der Waals surface area contributed by atoms with Crippen molar-refractivity contribution in [2.45, 2.75) is 38.2 Å². The minimum absolute atomic E-state index is 0.175. The summed E-state index contributed by atoms with van der Waals surface area (Å²) in [4.78, 5) is 11.4. The summed E-state index contributed by atoms with van der Waals surface area (Å²) < 4.78 is 0. The van der Waals surface area contributed by atoms with Crippen LogP contribution in [0.2, 0.25) is 0 Å². The SMILES string of the molecule is CSCC(C)(O)CNC(=O)NCCC1CCC1. The quantitative estimate of drug-likeness (QED) is 0.651. The maximum absolute atomic E-state index is 11.4. The third-order valence-corrected chi connectivity index (χ3v) is 4.06. The Kier molecular flexibility index (Phi) is 6.12. The number of hydrogen-bond acceptors (Lipinski definition) is 3. The zero-order valence-electron chi connectivity index (χ0n) is 10.8. The molecule has 0 spiro atoms. The van der Waals surface area contributed by atoms with Crippen molar-refractivity contribution in [2.24, 2.45) is 5.92 Å². The molecule has 0 aromatic carbocycles. The summed E-state index contributed by atoms with van der Waals surface area (Å²) in [5.74, 6) is 1.44. The lowest BCUT2D eigenvalue weighted by Gasteiger charge is -2.25. The first kappa shape index (κ1) is 14.6. The van der Waals surface area contributed by atoms with Crippen molar-refractivity contribution in [3.63, 3.8) is 0 Å². The summed E-state index contributed by atoms with van der Waals surface area (Å²) in [7, 11) is 0. The molecule has 0 heterocycles. The molecule has 1 atom stereocenters. The summed E-state index contributed by atoms with van der Waals surface area (Å²) in [6.45, 7) is 2.77. The first-order valence-electron chi connectivity index (χ1n) is 6.26. The van der Waals surface area contributed by atoms with E-state index in [0.717, 1.165) is 18.9 Å². The van der Waals surface area contributed by atoms with Gasteiger partial charge in [-0.1, -0.05) is 19.3 Å². The maximum Gasteiger partial charge on any atom is 0.314 e. The van der Waals surface area contributed by atoms with Gasteiger partial charge >= 0.3 is 6.03 Å². The highest BCUT2D eigenvalue weighted by Crippen LogP contribution is 2.28. The fourth-order valence-electron chi connectivity index (χ4n) is 1.87. The molecule has 3 N–H and O–H groups in total. The number of rotatable bonds is 7. The van der Waals surface area contributed by atoms with Gasteiger partial charge in [0.1, 0.15) is 0 Å². The highest BCUT2D eigenvalue weighted by Gasteiger charge is 2.20. The van der Waals surface area contributed by atoms with Gasteiger partial charge < -0.3 is 15.7 Å². The van der Waals surface area contributed by atoms with Crippen molar-refractivity contribution >= 4 is 17.8 Å². The zero-order chi connectivity index (χ0) is 12.7. The van der Waals surface area contributed by atoms with E-state index in [4.69, 9.17) is 0 Å². The molecular weight excluding hydrogens is 236 g/mol. The van der Waals surface area contributed by atoms with E-state index in [0.29, 0.717) is 12.3 Å². The van der Waals surface area contributed by atoms with Crippen molar-refractivity contribution in [1.82, 2.24) is 10.6 Å². The molecule has 0 aromatic rings. The van der Waals surface area contributed by atoms with E-state index in [1.54, 1.807) is 18.7 Å². The molecule has 1 fully saturated rings. The smallest absolute Gasteiger partial charge is 0.314 e. The molecule has 100 valence electrons. The lowest BCUT2D eigenvalue weighted by Crippen LogP contribution is -2.46. The Morgan fingerprint density at radius 2 is 2.18 bits per heavy atom. The van der Waals surface area contributed by atoms with Gasteiger partial charge in [-0.3, -0.25) is 0 Å². The second-order valence-corrected chi connectivity index (χ2v) is 5.99. The number of carbonyl (C=O) groups is 1. The second kappa shape index (κ2) is 7.11. The summed E-state index contributed by atoms with van der Waals surface area (Å²) in [5, 5.41) is 15.4. The number of hydrogen-bond donors (Lipinski definition) is 3. The third kappa shape index (κ3) is 6.17. The van der Waals surface area contributed by atoms with Crippen molar-refractivity contribution in [3.05, 3.63) is 0 Å². The van der Waals surface area contributed by atoms with Gasteiger partial charge in [0.05, 0.1) is 5.60 Å². The van der Waals surface area contributed by atoms with E-state index in [1.807, 2.05) is 6.26 Å². The monoisotopic (exact) mass is 260 g/mol. The van der Waals surface area contributed by atoms with Gasteiger partial charge in [-0.05, 0) is 25.5 Å². The molecule has 0 bridgehead atoms. The fourth-order valence-corrected chi connectivity index (χ4v) is 2.59. The highest BCUT2D eigenvalue weighted by atomic mass is 32.2. The van der Waals surface area contributed by atoms with E-state index in [9.17, 15) is 9.90 Å². The molecule has 0 saturated heterocycles. The summed E-state index contributed by atoms with van der Waals surface area (Å²) in [5.41, 5.74) is -0.829. The lowest BCUT2D eigenvalue weighted by atomic mass is 9.83. The van der Waals surface area contributed by atoms with Crippen LogP contribution in [0.1, 0.15) is 32.6 Å².